The quantitative estimate of drug-likeness (QED) is 0.766. The van der Waals surface area contributed by atoms with E-state index in [4.69, 9.17) is 0 Å². The van der Waals surface area contributed by atoms with E-state index in [2.05, 4.69) is 0 Å². The van der Waals surface area contributed by atoms with Gasteiger partial charge in [0.25, 0.3) is 10.0 Å². The number of benzene rings is 1. The minimum Gasteiger partial charge on any atom is -0.480 e. The number of fused-ring (bicyclic) bond motifs is 1. The van der Waals surface area contributed by atoms with Crippen LogP contribution in [-0.4, -0.2) is 29.8 Å². The van der Waals surface area contributed by atoms with Crippen LogP contribution in [0.5, 0.6) is 0 Å². The highest BCUT2D eigenvalue weighted by Gasteiger charge is 2.42. The van der Waals surface area contributed by atoms with Gasteiger partial charge in [-0.15, -0.1) is 11.3 Å². The summed E-state index contributed by atoms with van der Waals surface area (Å²) in [6.45, 7) is 1.60. The van der Waals surface area contributed by atoms with E-state index in [1.807, 2.05) is 0 Å². The zero-order valence-electron chi connectivity index (χ0n) is 14.6. The van der Waals surface area contributed by atoms with E-state index in [0.717, 1.165) is 27.8 Å². The van der Waals surface area contributed by atoms with Crippen LogP contribution in [0.4, 0.5) is 13.2 Å². The lowest BCUT2D eigenvalue weighted by Gasteiger charge is -2.21. The van der Waals surface area contributed by atoms with Crippen LogP contribution in [-0.2, 0) is 27.5 Å². The highest BCUT2D eigenvalue weighted by molar-refractivity contribution is 7.91. The van der Waals surface area contributed by atoms with Crippen molar-refractivity contribution in [2.24, 2.45) is 0 Å². The fourth-order valence-corrected chi connectivity index (χ4v) is 6.30. The maximum absolute atomic E-state index is 12.7. The molecular formula is C18H16F3NO4S2. The van der Waals surface area contributed by atoms with Gasteiger partial charge in [0.2, 0.25) is 0 Å². The molecule has 150 valence electrons. The van der Waals surface area contributed by atoms with Gasteiger partial charge >= 0.3 is 12.1 Å². The average molecular weight is 431 g/mol. The molecule has 0 fully saturated rings. The van der Waals surface area contributed by atoms with Crippen LogP contribution in [0.3, 0.4) is 0 Å². The number of rotatable bonds is 5. The summed E-state index contributed by atoms with van der Waals surface area (Å²) in [5.74, 6) is -1.19. The first-order valence-electron chi connectivity index (χ1n) is 8.26. The standard InChI is InChI=1S/C18H16F3NO4S2/c1-2-15(16(23)24)22-10-12-9-14(27-17(12)28(22,25)26)8-5-11-3-6-13(7-4-11)18(19,20)21/h3-9,15H,2,10H2,1H3,(H,23,24). The summed E-state index contributed by atoms with van der Waals surface area (Å²) in [4.78, 5) is 11.9. The van der Waals surface area contributed by atoms with E-state index in [-0.39, 0.29) is 17.2 Å². The van der Waals surface area contributed by atoms with Crippen LogP contribution >= 0.6 is 11.3 Å². The van der Waals surface area contributed by atoms with Gasteiger partial charge in [-0.3, -0.25) is 4.79 Å². The molecule has 1 aromatic heterocycles. The maximum Gasteiger partial charge on any atom is 0.416 e. The summed E-state index contributed by atoms with van der Waals surface area (Å²) < 4.78 is 64.2. The van der Waals surface area contributed by atoms with E-state index in [9.17, 15) is 31.5 Å². The highest BCUT2D eigenvalue weighted by Crippen LogP contribution is 2.39. The second kappa shape index (κ2) is 7.34. The number of alkyl halides is 3. The van der Waals surface area contributed by atoms with E-state index in [1.54, 1.807) is 25.1 Å². The number of carboxylic acid groups (broad SMARTS) is 1. The summed E-state index contributed by atoms with van der Waals surface area (Å²) in [7, 11) is -3.87. The van der Waals surface area contributed by atoms with Gasteiger partial charge in [-0.25, -0.2) is 8.42 Å². The topological polar surface area (TPSA) is 74.7 Å². The molecule has 2 aromatic rings. The summed E-state index contributed by atoms with van der Waals surface area (Å²) in [6.07, 6.45) is -1.02. The third-order valence-corrected chi connectivity index (χ3v) is 7.91. The second-order valence-electron chi connectivity index (χ2n) is 6.23. The smallest absolute Gasteiger partial charge is 0.416 e. The molecule has 1 aliphatic rings. The molecule has 10 heteroatoms. The number of thiophene rings is 1. The lowest BCUT2D eigenvalue weighted by Crippen LogP contribution is -2.40. The van der Waals surface area contributed by atoms with E-state index >= 15 is 0 Å². The number of carbonyl (C=O) groups is 1. The van der Waals surface area contributed by atoms with Crippen LogP contribution in [0.15, 0.2) is 34.5 Å². The Morgan fingerprint density at radius 1 is 1.29 bits per heavy atom. The molecule has 0 aliphatic carbocycles. The Kier molecular flexibility index (Phi) is 5.39. The molecule has 3 rings (SSSR count). The molecule has 5 nitrogen and oxygen atoms in total. The van der Waals surface area contributed by atoms with Crippen LogP contribution in [0, 0.1) is 0 Å². The molecule has 0 radical (unpaired) electrons. The molecule has 0 spiro atoms. The van der Waals surface area contributed by atoms with Crippen molar-refractivity contribution < 1.29 is 31.5 Å². The third kappa shape index (κ3) is 3.85. The van der Waals surface area contributed by atoms with Crippen molar-refractivity contribution in [1.82, 2.24) is 4.31 Å². The van der Waals surface area contributed by atoms with Crippen molar-refractivity contribution in [2.75, 3.05) is 0 Å². The molecule has 1 aliphatic heterocycles. The largest absolute Gasteiger partial charge is 0.480 e. The fraction of sp³-hybridized carbons (Fsp3) is 0.278. The third-order valence-electron chi connectivity index (χ3n) is 4.36. The Morgan fingerprint density at radius 2 is 1.93 bits per heavy atom. The molecule has 0 saturated carbocycles. The molecule has 1 atom stereocenters. The number of nitrogens with zero attached hydrogens (tertiary/aromatic N) is 1. The predicted molar refractivity (Wildman–Crippen MR) is 99.1 cm³/mol. The molecular weight excluding hydrogens is 415 g/mol. The van der Waals surface area contributed by atoms with E-state index in [0.29, 0.717) is 16.0 Å². The number of aliphatic carboxylic acids is 1. The average Bonchev–Trinajstić information content (AvgIpc) is 3.12. The summed E-state index contributed by atoms with van der Waals surface area (Å²) >= 11 is 1.01. The molecule has 1 N–H and O–H groups in total. The first-order chi connectivity index (χ1) is 13.0. The van der Waals surface area contributed by atoms with Crippen molar-refractivity contribution in [3.63, 3.8) is 0 Å². The summed E-state index contributed by atoms with van der Waals surface area (Å²) in [5.41, 5.74) is 0.328. The van der Waals surface area contributed by atoms with Gasteiger partial charge in [0, 0.05) is 11.4 Å². The normalized spacial score (nSPS) is 17.7. The van der Waals surface area contributed by atoms with Gasteiger partial charge in [-0.1, -0.05) is 25.1 Å². The van der Waals surface area contributed by atoms with Gasteiger partial charge in [0.1, 0.15) is 10.3 Å². The first-order valence-corrected chi connectivity index (χ1v) is 10.5. The molecule has 0 bridgehead atoms. The molecule has 1 unspecified atom stereocenters. The minimum absolute atomic E-state index is 0.00685. The Balaban J connectivity index is 1.81. The number of hydrogen-bond acceptors (Lipinski definition) is 4. The van der Waals surface area contributed by atoms with Gasteiger partial charge in [-0.05, 0) is 41.8 Å². The van der Waals surface area contributed by atoms with Gasteiger partial charge in [-0.2, -0.15) is 17.5 Å². The second-order valence-corrected chi connectivity index (χ2v) is 9.40. The van der Waals surface area contributed by atoms with Gasteiger partial charge < -0.3 is 5.11 Å². The molecule has 1 aromatic carbocycles. The number of hydrogen-bond donors (Lipinski definition) is 1. The molecule has 2 heterocycles. The minimum atomic E-state index is -4.40. The molecule has 28 heavy (non-hydrogen) atoms. The highest BCUT2D eigenvalue weighted by atomic mass is 32.2. The number of halogens is 3. The lowest BCUT2D eigenvalue weighted by molar-refractivity contribution is -0.141. The van der Waals surface area contributed by atoms with E-state index < -0.39 is 33.8 Å². The maximum atomic E-state index is 12.7. The molecule has 0 saturated heterocycles. The summed E-state index contributed by atoms with van der Waals surface area (Å²) in [6, 6.07) is 5.17. The van der Waals surface area contributed by atoms with Crippen LogP contribution in [0.1, 0.15) is 34.9 Å². The SMILES string of the molecule is CCC(C(=O)O)N1Cc2cc(C=Cc3ccc(C(F)(F)F)cc3)sc2S1(=O)=O. The molecule has 0 amide bonds. The van der Waals surface area contributed by atoms with E-state index in [1.165, 1.54) is 12.1 Å². The number of sulfonamides is 1. The Bertz CT molecular complexity index is 1020. The van der Waals surface area contributed by atoms with Crippen molar-refractivity contribution >= 4 is 39.5 Å². The van der Waals surface area contributed by atoms with Crippen LogP contribution in [0.25, 0.3) is 12.2 Å². The monoisotopic (exact) mass is 431 g/mol. The zero-order chi connectivity index (χ0) is 20.7. The van der Waals surface area contributed by atoms with Crippen molar-refractivity contribution in [1.29, 1.82) is 0 Å². The predicted octanol–water partition coefficient (Wildman–Crippen LogP) is 4.30. The van der Waals surface area contributed by atoms with Crippen molar-refractivity contribution in [3.05, 3.63) is 51.9 Å². The first kappa shape index (κ1) is 20.6. The van der Waals surface area contributed by atoms with Crippen molar-refractivity contribution in [3.8, 4) is 0 Å². The van der Waals surface area contributed by atoms with Crippen molar-refractivity contribution in [2.45, 2.75) is 36.3 Å². The summed E-state index contributed by atoms with van der Waals surface area (Å²) in [5, 5.41) is 9.23. The van der Waals surface area contributed by atoms with Crippen LogP contribution in [0.2, 0.25) is 0 Å². The van der Waals surface area contributed by atoms with Gasteiger partial charge in [0.05, 0.1) is 5.56 Å². The lowest BCUT2D eigenvalue weighted by atomic mass is 10.1. The zero-order valence-corrected chi connectivity index (χ0v) is 16.2. The number of carboxylic acids is 1. The Hall–Kier alpha value is -2.17. The van der Waals surface area contributed by atoms with Gasteiger partial charge in [0.15, 0.2) is 0 Å². The Morgan fingerprint density at radius 3 is 2.43 bits per heavy atom. The van der Waals surface area contributed by atoms with Crippen LogP contribution < -0.4 is 0 Å². The Labute approximate surface area is 163 Å². The fourth-order valence-electron chi connectivity index (χ4n) is 2.94.